The van der Waals surface area contributed by atoms with Crippen LogP contribution in [0.15, 0.2) is 11.6 Å². The summed E-state index contributed by atoms with van der Waals surface area (Å²) in [6.07, 6.45) is -5.19. The summed E-state index contributed by atoms with van der Waals surface area (Å²) in [5.74, 6) is 0. The molecule has 0 aromatic heterocycles. The Labute approximate surface area is 73.4 Å². The van der Waals surface area contributed by atoms with Crippen molar-refractivity contribution in [1.29, 1.82) is 0 Å². The molecule has 3 nitrogen and oxygen atoms in total. The highest BCUT2D eigenvalue weighted by Crippen LogP contribution is 2.35. The van der Waals surface area contributed by atoms with Gasteiger partial charge in [0.2, 0.25) is 0 Å². The van der Waals surface area contributed by atoms with Crippen molar-refractivity contribution >= 4 is 7.60 Å². The Bertz CT molecular complexity index is 240. The fraction of sp³-hybridized carbons (Fsp3) is 0.667. The zero-order valence-electron chi connectivity index (χ0n) is 6.88. The third kappa shape index (κ3) is 9.60. The van der Waals surface area contributed by atoms with Crippen LogP contribution in [-0.4, -0.2) is 22.1 Å². The van der Waals surface area contributed by atoms with E-state index in [1.165, 1.54) is 6.92 Å². The van der Waals surface area contributed by atoms with Gasteiger partial charge >= 0.3 is 13.8 Å². The molecule has 0 aliphatic rings. The summed E-state index contributed by atoms with van der Waals surface area (Å²) >= 11 is 0. The van der Waals surface area contributed by atoms with Crippen molar-refractivity contribution in [2.45, 2.75) is 19.5 Å². The van der Waals surface area contributed by atoms with Crippen molar-refractivity contribution in [2.75, 3.05) is 6.16 Å². The lowest BCUT2D eigenvalue weighted by atomic mass is 10.2. The Morgan fingerprint density at radius 3 is 2.23 bits per heavy atom. The summed E-state index contributed by atoms with van der Waals surface area (Å²) in [5.41, 5.74) is -0.0872. The Hall–Kier alpha value is -0.320. The number of allylic oxidation sites excluding steroid dienone is 2. The summed E-state index contributed by atoms with van der Waals surface area (Å²) < 4.78 is 45.3. The molecule has 2 N–H and O–H groups in total. The van der Waals surface area contributed by atoms with Crippen LogP contribution in [0.3, 0.4) is 0 Å². The van der Waals surface area contributed by atoms with E-state index in [0.29, 0.717) is 0 Å². The zero-order chi connectivity index (χ0) is 10.7. The van der Waals surface area contributed by atoms with E-state index in [9.17, 15) is 17.7 Å². The molecular weight excluding hydrogens is 208 g/mol. The van der Waals surface area contributed by atoms with Gasteiger partial charge in [-0.15, -0.1) is 0 Å². The topological polar surface area (TPSA) is 57.5 Å². The maximum Gasteiger partial charge on any atom is 0.392 e. The lowest BCUT2D eigenvalue weighted by molar-refractivity contribution is -0.127. The monoisotopic (exact) mass is 218 g/mol. The molecule has 78 valence electrons. The molecule has 0 aromatic rings. The summed E-state index contributed by atoms with van der Waals surface area (Å²) in [4.78, 5) is 16.7. The van der Waals surface area contributed by atoms with Crippen LogP contribution in [-0.2, 0) is 4.57 Å². The summed E-state index contributed by atoms with van der Waals surface area (Å²) in [7, 11) is -4.23. The van der Waals surface area contributed by atoms with Crippen LogP contribution >= 0.6 is 7.60 Å². The van der Waals surface area contributed by atoms with Crippen molar-refractivity contribution in [3.63, 3.8) is 0 Å². The maximum absolute atomic E-state index is 11.7. The van der Waals surface area contributed by atoms with Gasteiger partial charge in [0, 0.05) is 0 Å². The normalized spacial score (nSPS) is 14.8. The van der Waals surface area contributed by atoms with Crippen molar-refractivity contribution in [2.24, 2.45) is 0 Å². The van der Waals surface area contributed by atoms with Crippen LogP contribution in [0.1, 0.15) is 13.3 Å². The van der Waals surface area contributed by atoms with E-state index < -0.39 is 26.4 Å². The van der Waals surface area contributed by atoms with Crippen LogP contribution in [0, 0.1) is 0 Å². The van der Waals surface area contributed by atoms with E-state index in [-0.39, 0.29) is 5.57 Å². The molecule has 0 unspecified atom stereocenters. The third-order valence-electron chi connectivity index (χ3n) is 1.16. The van der Waals surface area contributed by atoms with Gasteiger partial charge in [-0.05, 0) is 6.92 Å². The second-order valence-corrected chi connectivity index (χ2v) is 4.38. The van der Waals surface area contributed by atoms with Gasteiger partial charge in [0.05, 0.1) is 12.6 Å². The zero-order valence-corrected chi connectivity index (χ0v) is 7.77. The molecule has 0 saturated heterocycles. The SMILES string of the molecule is CC(=CCP(=O)(O)O)CC(F)(F)F. The summed E-state index contributed by atoms with van der Waals surface area (Å²) in [6.45, 7) is 1.18. The molecule has 0 amide bonds. The summed E-state index contributed by atoms with van der Waals surface area (Å²) in [5, 5.41) is 0. The number of halogens is 3. The Morgan fingerprint density at radius 1 is 1.46 bits per heavy atom. The molecule has 13 heavy (non-hydrogen) atoms. The number of hydrogen-bond donors (Lipinski definition) is 2. The molecule has 0 aliphatic carbocycles. The quantitative estimate of drug-likeness (QED) is 0.563. The average Bonchev–Trinajstić information content (AvgIpc) is 1.78. The molecule has 7 heteroatoms. The van der Waals surface area contributed by atoms with Crippen LogP contribution in [0.25, 0.3) is 0 Å². The lowest BCUT2D eigenvalue weighted by Crippen LogP contribution is -2.07. The molecule has 0 spiro atoms. The van der Waals surface area contributed by atoms with E-state index in [1.54, 1.807) is 0 Å². The Balaban J connectivity index is 4.13. The first-order chi connectivity index (χ1) is 5.60. The van der Waals surface area contributed by atoms with E-state index in [2.05, 4.69) is 0 Å². The minimum Gasteiger partial charge on any atom is -0.324 e. The van der Waals surface area contributed by atoms with E-state index in [0.717, 1.165) is 6.08 Å². The minimum atomic E-state index is -4.32. The predicted octanol–water partition coefficient (Wildman–Crippen LogP) is 2.06. The van der Waals surface area contributed by atoms with E-state index in [4.69, 9.17) is 9.79 Å². The van der Waals surface area contributed by atoms with Gasteiger partial charge < -0.3 is 9.79 Å². The maximum atomic E-state index is 11.7. The Kier molecular flexibility index (Phi) is 4.16. The Morgan fingerprint density at radius 2 is 1.92 bits per heavy atom. The third-order valence-corrected chi connectivity index (χ3v) is 1.82. The highest BCUT2D eigenvalue weighted by Gasteiger charge is 2.27. The number of hydrogen-bond acceptors (Lipinski definition) is 1. The van der Waals surface area contributed by atoms with Gasteiger partial charge in [0.25, 0.3) is 0 Å². The second-order valence-electron chi connectivity index (χ2n) is 2.69. The molecular formula is C6H10F3O3P. The highest BCUT2D eigenvalue weighted by atomic mass is 31.2. The molecule has 0 bridgehead atoms. The lowest BCUT2D eigenvalue weighted by Gasteiger charge is -2.06. The van der Waals surface area contributed by atoms with Crippen molar-refractivity contribution in [1.82, 2.24) is 0 Å². The van der Waals surface area contributed by atoms with Crippen molar-refractivity contribution in [3.8, 4) is 0 Å². The first-order valence-corrected chi connectivity index (χ1v) is 5.17. The van der Waals surface area contributed by atoms with Gasteiger partial charge in [0.1, 0.15) is 0 Å². The molecule has 0 rings (SSSR count). The predicted molar refractivity (Wildman–Crippen MR) is 41.3 cm³/mol. The first-order valence-electron chi connectivity index (χ1n) is 3.37. The van der Waals surface area contributed by atoms with Crippen LogP contribution in [0.4, 0.5) is 13.2 Å². The van der Waals surface area contributed by atoms with Gasteiger partial charge in [-0.2, -0.15) is 13.2 Å². The van der Waals surface area contributed by atoms with Gasteiger partial charge in [-0.3, -0.25) is 4.57 Å². The molecule has 0 atom stereocenters. The second kappa shape index (κ2) is 4.26. The largest absolute Gasteiger partial charge is 0.392 e. The number of alkyl halides is 3. The van der Waals surface area contributed by atoms with Gasteiger partial charge in [-0.1, -0.05) is 11.6 Å². The molecule has 0 heterocycles. The van der Waals surface area contributed by atoms with E-state index in [1.807, 2.05) is 0 Å². The minimum absolute atomic E-state index is 0.0872. The molecule has 0 fully saturated rings. The van der Waals surface area contributed by atoms with Crippen LogP contribution in [0.5, 0.6) is 0 Å². The highest BCUT2D eigenvalue weighted by molar-refractivity contribution is 7.51. The smallest absolute Gasteiger partial charge is 0.324 e. The van der Waals surface area contributed by atoms with Gasteiger partial charge in [-0.25, -0.2) is 0 Å². The standard InChI is InChI=1S/C6H10F3O3P/c1-5(4-6(7,8)9)2-3-13(10,11)12/h2H,3-4H2,1H3,(H2,10,11,12). The molecule has 0 radical (unpaired) electrons. The van der Waals surface area contributed by atoms with Gasteiger partial charge in [0.15, 0.2) is 0 Å². The first kappa shape index (κ1) is 12.7. The number of rotatable bonds is 3. The van der Waals surface area contributed by atoms with Crippen LogP contribution < -0.4 is 0 Å². The van der Waals surface area contributed by atoms with Crippen molar-refractivity contribution < 1.29 is 27.5 Å². The fourth-order valence-electron chi connectivity index (χ4n) is 0.663. The fourth-order valence-corrected chi connectivity index (χ4v) is 1.21. The average molecular weight is 218 g/mol. The molecule has 0 aliphatic heterocycles. The van der Waals surface area contributed by atoms with Crippen molar-refractivity contribution in [3.05, 3.63) is 11.6 Å². The van der Waals surface area contributed by atoms with Crippen LogP contribution in [0.2, 0.25) is 0 Å². The molecule has 0 saturated carbocycles. The van der Waals surface area contributed by atoms with E-state index >= 15 is 0 Å². The summed E-state index contributed by atoms with van der Waals surface area (Å²) in [6, 6.07) is 0. The molecule has 0 aromatic carbocycles.